The summed E-state index contributed by atoms with van der Waals surface area (Å²) in [6, 6.07) is 28.2. The molecule has 0 saturated carbocycles. The molecule has 0 N–H and O–H groups in total. The first-order valence-electron chi connectivity index (χ1n) is 11.8. The molecule has 5 rings (SSSR count). The maximum atomic E-state index is 13.2. The molecule has 2 aliphatic heterocycles. The number of likely N-dealkylation sites (tertiary alicyclic amines) is 1. The molecular formula is C28H28ClN3O2. The SMILES string of the molecule is O=C1C[C@H](N2CCN(C(c3ccccc3)c3ccccc3)CC2)C(=O)N1Cc1ccc(Cl)cc1. The van der Waals surface area contributed by atoms with Crippen LogP contribution in [0, 0.1) is 0 Å². The zero-order valence-corrected chi connectivity index (χ0v) is 19.8. The third kappa shape index (κ3) is 4.78. The number of benzene rings is 3. The summed E-state index contributed by atoms with van der Waals surface area (Å²) in [6.07, 6.45) is 0.257. The van der Waals surface area contributed by atoms with E-state index in [1.807, 2.05) is 24.3 Å². The van der Waals surface area contributed by atoms with Gasteiger partial charge in [-0.2, -0.15) is 0 Å². The Morgan fingerprint density at radius 3 is 1.88 bits per heavy atom. The number of piperazine rings is 1. The lowest BCUT2D eigenvalue weighted by Gasteiger charge is -2.41. The van der Waals surface area contributed by atoms with E-state index in [0.29, 0.717) is 11.6 Å². The van der Waals surface area contributed by atoms with Crippen LogP contribution in [-0.2, 0) is 16.1 Å². The highest BCUT2D eigenvalue weighted by Gasteiger charge is 2.43. The van der Waals surface area contributed by atoms with Crippen LogP contribution in [0.5, 0.6) is 0 Å². The highest BCUT2D eigenvalue weighted by Crippen LogP contribution is 2.31. The average Bonchev–Trinajstić information content (AvgIpc) is 3.16. The minimum atomic E-state index is -0.367. The summed E-state index contributed by atoms with van der Waals surface area (Å²) in [4.78, 5) is 31.9. The second kappa shape index (κ2) is 10.1. The monoisotopic (exact) mass is 473 g/mol. The van der Waals surface area contributed by atoms with Crippen LogP contribution in [0.2, 0.25) is 5.02 Å². The van der Waals surface area contributed by atoms with Gasteiger partial charge in [-0.15, -0.1) is 0 Å². The molecule has 2 heterocycles. The highest BCUT2D eigenvalue weighted by molar-refractivity contribution is 6.30. The lowest BCUT2D eigenvalue weighted by molar-refractivity contribution is -0.140. The van der Waals surface area contributed by atoms with Gasteiger partial charge in [0.05, 0.1) is 25.0 Å². The molecule has 0 bridgehead atoms. The van der Waals surface area contributed by atoms with Crippen LogP contribution in [0.3, 0.4) is 0 Å². The Kier molecular flexibility index (Phi) is 6.77. The van der Waals surface area contributed by atoms with E-state index in [4.69, 9.17) is 11.6 Å². The normalized spacial score (nSPS) is 19.8. The first kappa shape index (κ1) is 22.8. The number of carbonyl (C=O) groups is 2. The zero-order valence-electron chi connectivity index (χ0n) is 19.0. The molecule has 2 fully saturated rings. The summed E-state index contributed by atoms with van der Waals surface area (Å²) in [7, 11) is 0. The minimum absolute atomic E-state index is 0.0870. The fraction of sp³-hybridized carbons (Fsp3) is 0.286. The van der Waals surface area contributed by atoms with Gasteiger partial charge >= 0.3 is 0 Å². The molecule has 0 radical (unpaired) electrons. The van der Waals surface area contributed by atoms with Crippen LogP contribution >= 0.6 is 11.6 Å². The van der Waals surface area contributed by atoms with Crippen molar-refractivity contribution in [3.63, 3.8) is 0 Å². The standard InChI is InChI=1S/C28H28ClN3O2/c29-24-13-11-21(12-14-24)20-32-26(33)19-25(28(32)34)30-15-17-31(18-16-30)27(22-7-3-1-4-8-22)23-9-5-2-6-10-23/h1-14,25,27H,15-20H2/t25-/m0/s1. The van der Waals surface area contributed by atoms with Crippen molar-refractivity contribution in [1.29, 1.82) is 0 Å². The Hall–Kier alpha value is -2.99. The minimum Gasteiger partial charge on any atom is -0.290 e. The molecule has 2 aliphatic rings. The van der Waals surface area contributed by atoms with Crippen LogP contribution in [0.25, 0.3) is 0 Å². The van der Waals surface area contributed by atoms with E-state index in [0.717, 1.165) is 31.7 Å². The quantitative estimate of drug-likeness (QED) is 0.498. The number of amides is 2. The lowest BCUT2D eigenvalue weighted by atomic mass is 9.96. The van der Waals surface area contributed by atoms with Gasteiger partial charge in [-0.05, 0) is 28.8 Å². The number of hydrogen-bond donors (Lipinski definition) is 0. The first-order valence-corrected chi connectivity index (χ1v) is 12.1. The zero-order chi connectivity index (χ0) is 23.5. The van der Waals surface area contributed by atoms with Crippen molar-refractivity contribution in [3.8, 4) is 0 Å². The van der Waals surface area contributed by atoms with E-state index in [1.165, 1.54) is 16.0 Å². The number of halogens is 1. The summed E-state index contributed by atoms with van der Waals surface area (Å²) < 4.78 is 0. The molecule has 6 heteroatoms. The molecule has 3 aromatic rings. The Bertz CT molecular complexity index is 1090. The second-order valence-corrected chi connectivity index (χ2v) is 9.40. The molecular weight excluding hydrogens is 446 g/mol. The Morgan fingerprint density at radius 2 is 1.32 bits per heavy atom. The van der Waals surface area contributed by atoms with Crippen molar-refractivity contribution < 1.29 is 9.59 Å². The molecule has 2 amide bonds. The number of rotatable bonds is 6. The summed E-state index contributed by atoms with van der Waals surface area (Å²) in [6.45, 7) is 3.49. The van der Waals surface area contributed by atoms with Crippen molar-refractivity contribution >= 4 is 23.4 Å². The van der Waals surface area contributed by atoms with E-state index < -0.39 is 0 Å². The van der Waals surface area contributed by atoms with Gasteiger partial charge in [0.1, 0.15) is 0 Å². The lowest BCUT2D eigenvalue weighted by Crippen LogP contribution is -2.53. The van der Waals surface area contributed by atoms with E-state index in [-0.39, 0.29) is 30.3 Å². The van der Waals surface area contributed by atoms with Crippen LogP contribution in [-0.4, -0.2) is 58.7 Å². The molecule has 3 aromatic carbocycles. The van der Waals surface area contributed by atoms with Crippen molar-refractivity contribution in [2.45, 2.75) is 25.0 Å². The van der Waals surface area contributed by atoms with Crippen molar-refractivity contribution in [2.75, 3.05) is 26.2 Å². The molecule has 174 valence electrons. The van der Waals surface area contributed by atoms with Gasteiger partial charge in [0, 0.05) is 31.2 Å². The van der Waals surface area contributed by atoms with Gasteiger partial charge in [0.15, 0.2) is 0 Å². The maximum absolute atomic E-state index is 13.2. The highest BCUT2D eigenvalue weighted by atomic mass is 35.5. The van der Waals surface area contributed by atoms with Gasteiger partial charge in [0.25, 0.3) is 0 Å². The summed E-state index contributed by atoms with van der Waals surface area (Å²) in [5, 5.41) is 0.642. The smallest absolute Gasteiger partial charge is 0.247 e. The summed E-state index contributed by atoms with van der Waals surface area (Å²) in [5.41, 5.74) is 3.44. The van der Waals surface area contributed by atoms with Gasteiger partial charge in [-0.3, -0.25) is 24.3 Å². The van der Waals surface area contributed by atoms with Gasteiger partial charge in [0.2, 0.25) is 11.8 Å². The van der Waals surface area contributed by atoms with E-state index in [9.17, 15) is 9.59 Å². The van der Waals surface area contributed by atoms with Crippen molar-refractivity contribution in [3.05, 3.63) is 107 Å². The molecule has 5 nitrogen and oxygen atoms in total. The van der Waals surface area contributed by atoms with Crippen molar-refractivity contribution in [1.82, 2.24) is 14.7 Å². The molecule has 0 unspecified atom stereocenters. The predicted molar refractivity (Wildman–Crippen MR) is 133 cm³/mol. The second-order valence-electron chi connectivity index (χ2n) is 8.96. The molecule has 34 heavy (non-hydrogen) atoms. The number of imide groups is 1. The first-order chi connectivity index (χ1) is 16.6. The van der Waals surface area contributed by atoms with Crippen LogP contribution < -0.4 is 0 Å². The Morgan fingerprint density at radius 1 is 0.765 bits per heavy atom. The number of nitrogens with zero attached hydrogens (tertiary/aromatic N) is 3. The molecule has 0 aromatic heterocycles. The fourth-order valence-corrected chi connectivity index (χ4v) is 5.21. The number of carbonyl (C=O) groups excluding carboxylic acids is 2. The average molecular weight is 474 g/mol. The van der Waals surface area contributed by atoms with Crippen LogP contribution in [0.15, 0.2) is 84.9 Å². The van der Waals surface area contributed by atoms with Gasteiger partial charge < -0.3 is 0 Å². The van der Waals surface area contributed by atoms with E-state index in [1.54, 1.807) is 12.1 Å². The Labute approximate surface area is 205 Å². The van der Waals surface area contributed by atoms with Crippen LogP contribution in [0.1, 0.15) is 29.2 Å². The third-order valence-corrected chi connectivity index (χ3v) is 7.11. The topological polar surface area (TPSA) is 43.9 Å². The molecule has 2 saturated heterocycles. The largest absolute Gasteiger partial charge is 0.290 e. The number of hydrogen-bond acceptors (Lipinski definition) is 4. The van der Waals surface area contributed by atoms with Gasteiger partial charge in [-0.1, -0.05) is 84.4 Å². The van der Waals surface area contributed by atoms with E-state index in [2.05, 4.69) is 58.3 Å². The molecule has 0 aliphatic carbocycles. The Balaban J connectivity index is 1.26. The fourth-order valence-electron chi connectivity index (χ4n) is 5.08. The van der Waals surface area contributed by atoms with Crippen molar-refractivity contribution in [2.24, 2.45) is 0 Å². The predicted octanol–water partition coefficient (Wildman–Crippen LogP) is 4.37. The third-order valence-electron chi connectivity index (χ3n) is 6.86. The molecule has 0 spiro atoms. The summed E-state index contributed by atoms with van der Waals surface area (Å²) >= 11 is 5.96. The molecule has 1 atom stereocenters. The maximum Gasteiger partial charge on any atom is 0.247 e. The van der Waals surface area contributed by atoms with Gasteiger partial charge in [-0.25, -0.2) is 0 Å². The van der Waals surface area contributed by atoms with E-state index >= 15 is 0 Å². The summed E-state index contributed by atoms with van der Waals surface area (Å²) in [5.74, 6) is -0.185. The van der Waals surface area contributed by atoms with Crippen LogP contribution in [0.4, 0.5) is 0 Å².